The van der Waals surface area contributed by atoms with E-state index >= 15 is 0 Å². The van der Waals surface area contributed by atoms with Crippen molar-refractivity contribution in [2.45, 2.75) is 19.3 Å². The summed E-state index contributed by atoms with van der Waals surface area (Å²) in [7, 11) is 0. The first-order chi connectivity index (χ1) is 11.5. The van der Waals surface area contributed by atoms with E-state index in [9.17, 15) is 18.4 Å². The average Bonchev–Trinajstić information content (AvgIpc) is 3.38. The summed E-state index contributed by atoms with van der Waals surface area (Å²) in [6.07, 6.45) is 4.82. The Kier molecular flexibility index (Phi) is 4.69. The van der Waals surface area contributed by atoms with Crippen molar-refractivity contribution in [3.05, 3.63) is 63.8 Å². The number of aromatic amines is 1. The lowest BCUT2D eigenvalue weighted by atomic mass is 9.94. The van der Waals surface area contributed by atoms with Crippen LogP contribution < -0.4 is 10.9 Å². The maximum atomic E-state index is 13.8. The van der Waals surface area contributed by atoms with Crippen molar-refractivity contribution in [1.29, 1.82) is 0 Å². The van der Waals surface area contributed by atoms with Gasteiger partial charge in [0.25, 0.3) is 11.5 Å². The molecule has 0 aliphatic heterocycles. The number of benzene rings is 1. The molecule has 24 heavy (non-hydrogen) atoms. The standard InChI is InChI=1S/C17H17F2N3O2/c18-13-4-3-11(14(19)6-13)5-12(10-1-2-10)7-22-17(24)15-8-21-16(23)9-20-15/h3-4,6,8-10,12H,1-2,5,7H2,(H,21,23)(H,22,24)/t12-/m0/s1. The molecule has 2 N–H and O–H groups in total. The fraction of sp³-hybridized carbons (Fsp3) is 0.353. The topological polar surface area (TPSA) is 74.8 Å². The Morgan fingerprint density at radius 2 is 2.17 bits per heavy atom. The molecular formula is C17H17F2N3O2. The fourth-order valence-electron chi connectivity index (χ4n) is 2.72. The smallest absolute Gasteiger partial charge is 0.271 e. The number of nitrogens with one attached hydrogen (secondary N) is 2. The van der Waals surface area contributed by atoms with Crippen LogP contribution in [0.5, 0.6) is 0 Å². The Balaban J connectivity index is 1.63. The maximum Gasteiger partial charge on any atom is 0.271 e. The summed E-state index contributed by atoms with van der Waals surface area (Å²) in [6.45, 7) is 0.376. The third kappa shape index (κ3) is 4.04. The lowest BCUT2D eigenvalue weighted by Crippen LogP contribution is -2.32. The number of hydrogen-bond donors (Lipinski definition) is 2. The van der Waals surface area contributed by atoms with Crippen LogP contribution in [-0.4, -0.2) is 22.4 Å². The fourth-order valence-corrected chi connectivity index (χ4v) is 2.72. The molecule has 126 valence electrons. The SMILES string of the molecule is O=C(NC[C@H](Cc1ccc(F)cc1F)C1CC1)c1c[nH]c(=O)cn1. The normalized spacial score (nSPS) is 15.1. The molecule has 1 aromatic heterocycles. The van der Waals surface area contributed by atoms with Crippen LogP contribution in [0, 0.1) is 23.5 Å². The number of H-pyrrole nitrogens is 1. The van der Waals surface area contributed by atoms with Crippen molar-refractivity contribution in [2.75, 3.05) is 6.54 Å². The van der Waals surface area contributed by atoms with Crippen LogP contribution in [0.3, 0.4) is 0 Å². The summed E-state index contributed by atoms with van der Waals surface area (Å²) in [4.78, 5) is 29.2. The quantitative estimate of drug-likeness (QED) is 0.849. The highest BCUT2D eigenvalue weighted by Crippen LogP contribution is 2.38. The van der Waals surface area contributed by atoms with Crippen LogP contribution in [0.15, 0.2) is 35.4 Å². The van der Waals surface area contributed by atoms with Gasteiger partial charge in [-0.15, -0.1) is 0 Å². The Bertz CT molecular complexity index is 782. The van der Waals surface area contributed by atoms with E-state index in [1.54, 1.807) is 0 Å². The molecule has 1 aliphatic carbocycles. The molecule has 1 atom stereocenters. The minimum atomic E-state index is -0.600. The zero-order chi connectivity index (χ0) is 17.1. The van der Waals surface area contributed by atoms with Gasteiger partial charge >= 0.3 is 0 Å². The highest BCUT2D eigenvalue weighted by atomic mass is 19.1. The molecule has 0 spiro atoms. The number of nitrogens with zero attached hydrogens (tertiary/aromatic N) is 1. The van der Waals surface area contributed by atoms with E-state index in [1.165, 1.54) is 18.3 Å². The van der Waals surface area contributed by atoms with Gasteiger partial charge in [-0.25, -0.2) is 13.8 Å². The summed E-state index contributed by atoms with van der Waals surface area (Å²) >= 11 is 0. The molecule has 0 radical (unpaired) electrons. The van der Waals surface area contributed by atoms with Gasteiger partial charge in [0.15, 0.2) is 0 Å². The number of carbonyl (C=O) groups excluding carboxylic acids is 1. The van der Waals surface area contributed by atoms with Crippen molar-refractivity contribution in [1.82, 2.24) is 15.3 Å². The molecule has 7 heteroatoms. The molecule has 0 bridgehead atoms. The van der Waals surface area contributed by atoms with Gasteiger partial charge in [-0.1, -0.05) is 6.07 Å². The number of rotatable bonds is 6. The molecule has 3 rings (SSSR count). The van der Waals surface area contributed by atoms with Gasteiger partial charge < -0.3 is 10.3 Å². The monoisotopic (exact) mass is 333 g/mol. The molecular weight excluding hydrogens is 316 g/mol. The molecule has 1 fully saturated rings. The van der Waals surface area contributed by atoms with Gasteiger partial charge in [0, 0.05) is 18.8 Å². The second-order valence-corrected chi connectivity index (χ2v) is 6.04. The van der Waals surface area contributed by atoms with E-state index < -0.39 is 17.5 Å². The van der Waals surface area contributed by atoms with Gasteiger partial charge in [0.05, 0.1) is 6.20 Å². The predicted octanol–water partition coefficient (Wildman–Crippen LogP) is 2.05. The number of carbonyl (C=O) groups is 1. The summed E-state index contributed by atoms with van der Waals surface area (Å²) in [5, 5.41) is 2.77. The van der Waals surface area contributed by atoms with Crippen LogP contribution in [0.1, 0.15) is 28.9 Å². The van der Waals surface area contributed by atoms with Crippen LogP contribution in [-0.2, 0) is 6.42 Å². The molecule has 5 nitrogen and oxygen atoms in total. The average molecular weight is 333 g/mol. The molecule has 2 aromatic rings. The predicted molar refractivity (Wildman–Crippen MR) is 83.5 cm³/mol. The third-order valence-electron chi connectivity index (χ3n) is 4.22. The van der Waals surface area contributed by atoms with E-state index in [0.29, 0.717) is 24.4 Å². The van der Waals surface area contributed by atoms with Gasteiger partial charge in [-0.05, 0) is 42.7 Å². The molecule has 1 aliphatic rings. The maximum absolute atomic E-state index is 13.8. The van der Waals surface area contributed by atoms with Gasteiger partial charge in [-0.3, -0.25) is 9.59 Å². The summed E-state index contributed by atoms with van der Waals surface area (Å²) in [6, 6.07) is 3.57. The van der Waals surface area contributed by atoms with Crippen LogP contribution >= 0.6 is 0 Å². The van der Waals surface area contributed by atoms with Crippen molar-refractivity contribution >= 4 is 5.91 Å². The number of halogens is 2. The molecule has 1 heterocycles. The van der Waals surface area contributed by atoms with Gasteiger partial charge in [-0.2, -0.15) is 0 Å². The minimum absolute atomic E-state index is 0.0803. The van der Waals surface area contributed by atoms with Crippen LogP contribution in [0.2, 0.25) is 0 Å². The Hall–Kier alpha value is -2.57. The highest BCUT2D eigenvalue weighted by molar-refractivity contribution is 5.91. The first kappa shape index (κ1) is 16.3. The number of hydrogen-bond acceptors (Lipinski definition) is 3. The third-order valence-corrected chi connectivity index (χ3v) is 4.22. The largest absolute Gasteiger partial charge is 0.350 e. The van der Waals surface area contributed by atoms with Crippen LogP contribution in [0.4, 0.5) is 8.78 Å². The zero-order valence-corrected chi connectivity index (χ0v) is 12.9. The first-order valence-electron chi connectivity index (χ1n) is 7.80. The second kappa shape index (κ2) is 6.90. The summed E-state index contributed by atoms with van der Waals surface area (Å²) in [5.41, 5.74) is 0.191. The Labute approximate surface area is 137 Å². The number of amides is 1. The van der Waals surface area contributed by atoms with E-state index in [-0.39, 0.29) is 17.2 Å². The van der Waals surface area contributed by atoms with Crippen molar-refractivity contribution in [3.8, 4) is 0 Å². The van der Waals surface area contributed by atoms with E-state index in [0.717, 1.165) is 25.1 Å². The summed E-state index contributed by atoms with van der Waals surface area (Å²) < 4.78 is 26.8. The lowest BCUT2D eigenvalue weighted by molar-refractivity contribution is 0.0940. The molecule has 1 aromatic carbocycles. The molecule has 1 amide bonds. The Morgan fingerprint density at radius 1 is 1.38 bits per heavy atom. The number of aromatic nitrogens is 2. The van der Waals surface area contributed by atoms with E-state index in [2.05, 4.69) is 15.3 Å². The first-order valence-corrected chi connectivity index (χ1v) is 7.80. The van der Waals surface area contributed by atoms with Crippen molar-refractivity contribution in [2.24, 2.45) is 11.8 Å². The van der Waals surface area contributed by atoms with Gasteiger partial charge in [0.2, 0.25) is 0 Å². The van der Waals surface area contributed by atoms with Crippen LogP contribution in [0.25, 0.3) is 0 Å². The molecule has 1 saturated carbocycles. The van der Waals surface area contributed by atoms with E-state index in [1.807, 2.05) is 0 Å². The zero-order valence-electron chi connectivity index (χ0n) is 12.9. The highest BCUT2D eigenvalue weighted by Gasteiger charge is 2.32. The summed E-state index contributed by atoms with van der Waals surface area (Å²) in [5.74, 6) is -1.04. The van der Waals surface area contributed by atoms with Gasteiger partial charge in [0.1, 0.15) is 17.3 Å². The van der Waals surface area contributed by atoms with E-state index in [4.69, 9.17) is 0 Å². The lowest BCUT2D eigenvalue weighted by Gasteiger charge is -2.17. The molecule has 0 unspecified atom stereocenters. The molecule has 0 saturated heterocycles. The van der Waals surface area contributed by atoms with Crippen molar-refractivity contribution < 1.29 is 13.6 Å². The second-order valence-electron chi connectivity index (χ2n) is 6.04. The Morgan fingerprint density at radius 3 is 2.79 bits per heavy atom. The van der Waals surface area contributed by atoms with Crippen molar-refractivity contribution in [3.63, 3.8) is 0 Å². The minimum Gasteiger partial charge on any atom is -0.350 e.